The number of urea groups is 1. The highest BCUT2D eigenvalue weighted by Crippen LogP contribution is 2.29. The molecule has 6 heteroatoms. The average molecular weight is 411 g/mol. The molecule has 1 saturated carbocycles. The van der Waals surface area contributed by atoms with Crippen LogP contribution in [-0.2, 0) is 9.53 Å². The zero-order valence-electron chi connectivity index (χ0n) is 17.4. The molecule has 160 valence electrons. The Morgan fingerprint density at radius 2 is 1.67 bits per heavy atom. The lowest BCUT2D eigenvalue weighted by Crippen LogP contribution is -2.40. The molecule has 0 heterocycles. The smallest absolute Gasteiger partial charge is 0.329 e. The second-order valence-corrected chi connectivity index (χ2v) is 7.99. The van der Waals surface area contributed by atoms with Crippen LogP contribution in [-0.4, -0.2) is 36.9 Å². The molecule has 0 radical (unpaired) electrons. The number of hydrogen-bond donors (Lipinski definition) is 2. The number of nitrogens with zero attached hydrogens (tertiary/aromatic N) is 1. The Balaban J connectivity index is 1.55. The minimum absolute atomic E-state index is 0.126. The van der Waals surface area contributed by atoms with E-state index in [0.717, 1.165) is 42.6 Å². The van der Waals surface area contributed by atoms with Crippen LogP contribution < -0.4 is 10.2 Å². The number of nitrogens with one attached hydrogen (secondary N) is 1. The number of hydrogen-bond acceptors (Lipinski definition) is 3. The summed E-state index contributed by atoms with van der Waals surface area (Å²) in [5.74, 6) is -0.0906. The van der Waals surface area contributed by atoms with Gasteiger partial charge in [-0.25, -0.2) is 9.59 Å². The van der Waals surface area contributed by atoms with Crippen molar-refractivity contribution in [1.29, 1.82) is 0 Å². The van der Waals surface area contributed by atoms with E-state index in [9.17, 15) is 9.59 Å². The number of ether oxygens (including phenoxy) is 1. The third-order valence-electron chi connectivity index (χ3n) is 5.56. The second kappa shape index (κ2) is 10.8. The molecule has 1 fully saturated rings. The quantitative estimate of drug-likeness (QED) is 0.658. The van der Waals surface area contributed by atoms with Gasteiger partial charge in [0.25, 0.3) is 0 Å². The number of anilines is 2. The molecule has 0 unspecified atom stereocenters. The van der Waals surface area contributed by atoms with E-state index in [1.54, 1.807) is 4.90 Å². The van der Waals surface area contributed by atoms with Crippen LogP contribution in [0.15, 0.2) is 54.6 Å². The first-order valence-corrected chi connectivity index (χ1v) is 10.5. The number of benzene rings is 2. The van der Waals surface area contributed by atoms with Crippen molar-refractivity contribution < 1.29 is 19.4 Å². The molecule has 2 aromatic rings. The van der Waals surface area contributed by atoms with Crippen molar-refractivity contribution in [1.82, 2.24) is 5.32 Å². The summed E-state index contributed by atoms with van der Waals surface area (Å²) in [7, 11) is 0. The molecule has 2 aromatic carbocycles. The molecule has 0 aromatic heterocycles. The van der Waals surface area contributed by atoms with E-state index in [0.29, 0.717) is 25.0 Å². The topological polar surface area (TPSA) is 78.9 Å². The largest absolute Gasteiger partial charge is 0.480 e. The molecule has 1 aliphatic rings. The summed E-state index contributed by atoms with van der Waals surface area (Å²) in [4.78, 5) is 25.4. The number of aryl methyl sites for hydroxylation is 1. The van der Waals surface area contributed by atoms with Crippen molar-refractivity contribution in [2.45, 2.75) is 32.6 Å². The lowest BCUT2D eigenvalue weighted by atomic mass is 9.82. The van der Waals surface area contributed by atoms with Crippen molar-refractivity contribution >= 4 is 23.4 Å². The molecule has 1 aliphatic carbocycles. The van der Waals surface area contributed by atoms with Gasteiger partial charge in [-0.3, -0.25) is 4.90 Å². The van der Waals surface area contributed by atoms with Gasteiger partial charge < -0.3 is 15.2 Å². The fourth-order valence-electron chi connectivity index (χ4n) is 3.95. The van der Waals surface area contributed by atoms with E-state index in [4.69, 9.17) is 9.84 Å². The van der Waals surface area contributed by atoms with Gasteiger partial charge in [0.2, 0.25) is 0 Å². The van der Waals surface area contributed by atoms with Crippen molar-refractivity contribution in [3.8, 4) is 0 Å². The molecule has 0 saturated heterocycles. The van der Waals surface area contributed by atoms with E-state index in [1.165, 1.54) is 0 Å². The van der Waals surface area contributed by atoms with Crippen LogP contribution in [0.25, 0.3) is 0 Å². The van der Waals surface area contributed by atoms with Crippen LogP contribution in [0.3, 0.4) is 0 Å². The van der Waals surface area contributed by atoms with Gasteiger partial charge in [-0.1, -0.05) is 30.3 Å². The first kappa shape index (κ1) is 21.8. The number of carboxylic acids is 1. The minimum Gasteiger partial charge on any atom is -0.480 e. The van der Waals surface area contributed by atoms with E-state index < -0.39 is 5.97 Å². The highest BCUT2D eigenvalue weighted by molar-refractivity contribution is 5.99. The molecule has 0 spiro atoms. The van der Waals surface area contributed by atoms with Gasteiger partial charge in [0, 0.05) is 6.54 Å². The number of carbonyl (C=O) groups is 2. The Morgan fingerprint density at radius 3 is 2.33 bits per heavy atom. The molecule has 2 N–H and O–H groups in total. The van der Waals surface area contributed by atoms with Gasteiger partial charge in [0.15, 0.2) is 0 Å². The standard InChI is InChI=1S/C24H30N2O4/c1-18-6-5-9-22(14-18)26(21-7-3-2-4-8-21)24(29)25-15-19-10-12-20(13-11-19)16-30-17-23(27)28/h2-9,14,19-20H,10-13,15-17H2,1H3,(H,25,29)(H,27,28)/t19-,20-. The summed E-state index contributed by atoms with van der Waals surface area (Å²) in [6.45, 7) is 2.92. The first-order valence-electron chi connectivity index (χ1n) is 10.5. The number of para-hydroxylation sites is 1. The van der Waals surface area contributed by atoms with Gasteiger partial charge >= 0.3 is 12.0 Å². The van der Waals surface area contributed by atoms with E-state index in [2.05, 4.69) is 5.32 Å². The van der Waals surface area contributed by atoms with Gasteiger partial charge in [0.05, 0.1) is 18.0 Å². The van der Waals surface area contributed by atoms with E-state index in [1.807, 2.05) is 61.5 Å². The third kappa shape index (κ3) is 6.32. The summed E-state index contributed by atoms with van der Waals surface area (Å²) in [5, 5.41) is 11.8. The fraction of sp³-hybridized carbons (Fsp3) is 0.417. The summed E-state index contributed by atoms with van der Waals surface area (Å²) >= 11 is 0. The SMILES string of the molecule is Cc1cccc(N(C(=O)NC[C@H]2CC[C@H](COCC(=O)O)CC2)c2ccccc2)c1. The summed E-state index contributed by atoms with van der Waals surface area (Å²) in [6, 6.07) is 17.5. The first-order chi connectivity index (χ1) is 14.5. The van der Waals surface area contributed by atoms with Crippen molar-refractivity contribution in [3.05, 3.63) is 60.2 Å². The van der Waals surface area contributed by atoms with E-state index in [-0.39, 0.29) is 12.6 Å². The van der Waals surface area contributed by atoms with Gasteiger partial charge in [-0.15, -0.1) is 0 Å². The Hall–Kier alpha value is -2.86. The molecular weight excluding hydrogens is 380 g/mol. The van der Waals surface area contributed by atoms with Crippen molar-refractivity contribution in [2.75, 3.05) is 24.7 Å². The number of carbonyl (C=O) groups excluding carboxylic acids is 1. The number of amides is 2. The Kier molecular flexibility index (Phi) is 7.85. The highest BCUT2D eigenvalue weighted by Gasteiger charge is 2.24. The van der Waals surface area contributed by atoms with Crippen LogP contribution in [0.4, 0.5) is 16.2 Å². The summed E-state index contributed by atoms with van der Waals surface area (Å²) in [5.41, 5.74) is 2.78. The lowest BCUT2D eigenvalue weighted by Gasteiger charge is -2.29. The maximum atomic E-state index is 13.1. The van der Waals surface area contributed by atoms with Crippen LogP contribution >= 0.6 is 0 Å². The number of carboxylic acid groups (broad SMARTS) is 1. The normalized spacial score (nSPS) is 18.6. The maximum absolute atomic E-state index is 13.1. The van der Waals surface area contributed by atoms with Gasteiger partial charge in [0.1, 0.15) is 6.61 Å². The number of rotatable bonds is 8. The Morgan fingerprint density at radius 1 is 1.00 bits per heavy atom. The average Bonchev–Trinajstić information content (AvgIpc) is 2.74. The van der Waals surface area contributed by atoms with Gasteiger partial charge in [-0.2, -0.15) is 0 Å². The molecule has 6 nitrogen and oxygen atoms in total. The van der Waals surface area contributed by atoms with Gasteiger partial charge in [-0.05, 0) is 74.3 Å². The molecule has 0 bridgehead atoms. The summed E-state index contributed by atoms with van der Waals surface area (Å²) in [6.07, 6.45) is 4.02. The molecule has 30 heavy (non-hydrogen) atoms. The molecule has 0 atom stereocenters. The van der Waals surface area contributed by atoms with E-state index >= 15 is 0 Å². The molecule has 3 rings (SSSR count). The molecular formula is C24H30N2O4. The Labute approximate surface area is 177 Å². The highest BCUT2D eigenvalue weighted by atomic mass is 16.5. The van der Waals surface area contributed by atoms with Crippen LogP contribution in [0.5, 0.6) is 0 Å². The van der Waals surface area contributed by atoms with Crippen molar-refractivity contribution in [2.24, 2.45) is 11.8 Å². The van der Waals surface area contributed by atoms with Crippen LogP contribution in [0.1, 0.15) is 31.2 Å². The predicted octanol–water partition coefficient (Wildman–Crippen LogP) is 4.75. The second-order valence-electron chi connectivity index (χ2n) is 7.99. The zero-order valence-corrected chi connectivity index (χ0v) is 17.4. The van der Waals surface area contributed by atoms with Crippen LogP contribution in [0.2, 0.25) is 0 Å². The summed E-state index contributed by atoms with van der Waals surface area (Å²) < 4.78 is 5.23. The molecule has 0 aliphatic heterocycles. The monoisotopic (exact) mass is 410 g/mol. The third-order valence-corrected chi connectivity index (χ3v) is 5.56. The fourth-order valence-corrected chi connectivity index (χ4v) is 3.95. The minimum atomic E-state index is -0.928. The van der Waals surface area contributed by atoms with Crippen molar-refractivity contribution in [3.63, 3.8) is 0 Å². The van der Waals surface area contributed by atoms with Crippen LogP contribution in [0, 0.1) is 18.8 Å². The Bertz CT molecular complexity index is 832. The number of aliphatic carboxylic acids is 1. The zero-order chi connectivity index (χ0) is 21.3. The lowest BCUT2D eigenvalue weighted by molar-refractivity contribution is -0.142. The maximum Gasteiger partial charge on any atom is 0.329 e. The molecule has 2 amide bonds. The predicted molar refractivity (Wildman–Crippen MR) is 117 cm³/mol.